The molecule has 24 heavy (non-hydrogen) atoms. The highest BCUT2D eigenvalue weighted by atomic mass is 32.2. The number of carbonyl (C=O) groups is 2. The molecule has 0 aromatic rings. The fraction of sp³-hybridized carbons (Fsp3) is 0.889. The zero-order valence-corrected chi connectivity index (χ0v) is 16.5. The lowest BCUT2D eigenvalue weighted by atomic mass is 9.99. The van der Waals surface area contributed by atoms with E-state index in [-0.39, 0.29) is 12.1 Å². The van der Waals surface area contributed by atoms with Gasteiger partial charge in [-0.25, -0.2) is 4.79 Å². The molecule has 1 aliphatic heterocycles. The second-order valence-electron chi connectivity index (χ2n) is 7.31. The van der Waals surface area contributed by atoms with Crippen molar-refractivity contribution in [2.75, 3.05) is 31.2 Å². The standard InChI is InChI=1S/C18H33NO4S/c1-5-6-12-22-16(20)9-13-24-14-15-7-10-19(11-8-15)17(21)23-18(2,3)4/h15H,5-14H2,1-4H3. The van der Waals surface area contributed by atoms with E-state index in [2.05, 4.69) is 6.92 Å². The number of esters is 1. The van der Waals surface area contributed by atoms with E-state index in [4.69, 9.17) is 9.47 Å². The molecule has 1 rings (SSSR count). The van der Waals surface area contributed by atoms with E-state index in [0.29, 0.717) is 18.9 Å². The molecule has 5 nitrogen and oxygen atoms in total. The van der Waals surface area contributed by atoms with Gasteiger partial charge in [0.1, 0.15) is 5.60 Å². The molecule has 1 amide bonds. The molecule has 0 aromatic heterocycles. The van der Waals surface area contributed by atoms with Gasteiger partial charge < -0.3 is 14.4 Å². The maximum Gasteiger partial charge on any atom is 0.410 e. The van der Waals surface area contributed by atoms with Crippen LogP contribution in [-0.4, -0.2) is 53.8 Å². The predicted molar refractivity (Wildman–Crippen MR) is 98.3 cm³/mol. The summed E-state index contributed by atoms with van der Waals surface area (Å²) in [6.07, 6.45) is 4.29. The van der Waals surface area contributed by atoms with Crippen molar-refractivity contribution in [1.29, 1.82) is 0 Å². The van der Waals surface area contributed by atoms with Crippen LogP contribution in [0.2, 0.25) is 0 Å². The van der Waals surface area contributed by atoms with E-state index >= 15 is 0 Å². The van der Waals surface area contributed by atoms with Crippen LogP contribution in [0.15, 0.2) is 0 Å². The third-order valence-corrected chi connectivity index (χ3v) is 5.03. The maximum absolute atomic E-state index is 12.0. The van der Waals surface area contributed by atoms with Crippen LogP contribution in [0.3, 0.4) is 0 Å². The van der Waals surface area contributed by atoms with Crippen LogP contribution in [0.4, 0.5) is 4.79 Å². The lowest BCUT2D eigenvalue weighted by molar-refractivity contribution is -0.143. The maximum atomic E-state index is 12.0. The summed E-state index contributed by atoms with van der Waals surface area (Å²) in [6, 6.07) is 0. The Morgan fingerprint density at radius 2 is 1.88 bits per heavy atom. The number of likely N-dealkylation sites (tertiary alicyclic amines) is 1. The summed E-state index contributed by atoms with van der Waals surface area (Å²) < 4.78 is 10.6. The number of ether oxygens (including phenoxy) is 2. The number of hydrogen-bond donors (Lipinski definition) is 0. The van der Waals surface area contributed by atoms with E-state index in [0.717, 1.165) is 50.3 Å². The first-order chi connectivity index (χ1) is 11.3. The molecule has 1 saturated heterocycles. The van der Waals surface area contributed by atoms with Crippen molar-refractivity contribution in [3.63, 3.8) is 0 Å². The summed E-state index contributed by atoms with van der Waals surface area (Å²) >= 11 is 1.81. The summed E-state index contributed by atoms with van der Waals surface area (Å²) in [5.74, 6) is 2.39. The molecule has 0 aliphatic carbocycles. The largest absolute Gasteiger partial charge is 0.466 e. The highest BCUT2D eigenvalue weighted by Gasteiger charge is 2.26. The van der Waals surface area contributed by atoms with E-state index in [1.54, 1.807) is 4.90 Å². The SMILES string of the molecule is CCCCOC(=O)CCSCC1CCN(C(=O)OC(C)(C)C)CC1. The fourth-order valence-corrected chi connectivity index (χ4v) is 3.56. The average Bonchev–Trinajstić information content (AvgIpc) is 2.51. The van der Waals surface area contributed by atoms with Crippen molar-refractivity contribution in [1.82, 2.24) is 4.90 Å². The van der Waals surface area contributed by atoms with Gasteiger partial charge in [0, 0.05) is 18.8 Å². The van der Waals surface area contributed by atoms with Crippen LogP contribution in [-0.2, 0) is 14.3 Å². The molecule has 1 heterocycles. The Morgan fingerprint density at radius 1 is 1.21 bits per heavy atom. The third kappa shape index (κ3) is 9.40. The Balaban J connectivity index is 2.10. The topological polar surface area (TPSA) is 55.8 Å². The van der Waals surface area contributed by atoms with Gasteiger partial charge in [0.05, 0.1) is 13.0 Å². The van der Waals surface area contributed by atoms with Crippen LogP contribution in [0, 0.1) is 5.92 Å². The summed E-state index contributed by atoms with van der Waals surface area (Å²) in [7, 11) is 0. The van der Waals surface area contributed by atoms with Gasteiger partial charge in [-0.05, 0) is 51.7 Å². The normalized spacial score (nSPS) is 16.1. The smallest absolute Gasteiger partial charge is 0.410 e. The van der Waals surface area contributed by atoms with Gasteiger partial charge in [0.15, 0.2) is 0 Å². The molecule has 0 N–H and O–H groups in total. The first-order valence-corrected chi connectivity index (χ1v) is 10.2. The number of nitrogens with zero attached hydrogens (tertiary/aromatic N) is 1. The molecule has 6 heteroatoms. The molecule has 0 saturated carbocycles. The second-order valence-corrected chi connectivity index (χ2v) is 8.46. The molecule has 140 valence electrons. The summed E-state index contributed by atoms with van der Waals surface area (Å²) in [4.78, 5) is 25.3. The molecule has 0 unspecified atom stereocenters. The van der Waals surface area contributed by atoms with E-state index in [1.807, 2.05) is 32.5 Å². The second kappa shape index (κ2) is 10.9. The van der Waals surface area contributed by atoms with Crippen LogP contribution < -0.4 is 0 Å². The van der Waals surface area contributed by atoms with Crippen molar-refractivity contribution in [3.8, 4) is 0 Å². The minimum absolute atomic E-state index is 0.0873. The molecule has 0 bridgehead atoms. The number of amides is 1. The first kappa shape index (κ1) is 21.1. The number of thioether (sulfide) groups is 1. The van der Waals surface area contributed by atoms with Gasteiger partial charge >= 0.3 is 12.1 Å². The zero-order valence-electron chi connectivity index (χ0n) is 15.6. The van der Waals surface area contributed by atoms with Crippen LogP contribution in [0.1, 0.15) is 59.8 Å². The van der Waals surface area contributed by atoms with Crippen molar-refractivity contribution in [2.45, 2.75) is 65.4 Å². The number of piperidine rings is 1. The number of carbonyl (C=O) groups excluding carboxylic acids is 2. The molecular weight excluding hydrogens is 326 g/mol. The van der Waals surface area contributed by atoms with Crippen LogP contribution in [0.25, 0.3) is 0 Å². The Hall–Kier alpha value is -0.910. The fourth-order valence-electron chi connectivity index (χ4n) is 2.42. The molecule has 0 radical (unpaired) electrons. The Labute approximate surface area is 150 Å². The molecule has 0 spiro atoms. The van der Waals surface area contributed by atoms with Crippen molar-refractivity contribution < 1.29 is 19.1 Å². The molecule has 0 atom stereocenters. The highest BCUT2D eigenvalue weighted by Crippen LogP contribution is 2.23. The number of rotatable bonds is 8. The van der Waals surface area contributed by atoms with Gasteiger partial charge in [0.25, 0.3) is 0 Å². The highest BCUT2D eigenvalue weighted by molar-refractivity contribution is 7.99. The monoisotopic (exact) mass is 359 g/mol. The van der Waals surface area contributed by atoms with Crippen molar-refractivity contribution in [3.05, 3.63) is 0 Å². The molecule has 1 fully saturated rings. The van der Waals surface area contributed by atoms with Gasteiger partial charge in [-0.15, -0.1) is 0 Å². The summed E-state index contributed by atoms with van der Waals surface area (Å²) in [5, 5.41) is 0. The number of unbranched alkanes of at least 4 members (excludes halogenated alkanes) is 1. The average molecular weight is 360 g/mol. The Kier molecular flexibility index (Phi) is 9.56. The zero-order chi connectivity index (χ0) is 18.0. The van der Waals surface area contributed by atoms with Gasteiger partial charge in [-0.3, -0.25) is 4.79 Å². The number of hydrogen-bond acceptors (Lipinski definition) is 5. The molecule has 1 aliphatic rings. The van der Waals surface area contributed by atoms with Crippen LogP contribution >= 0.6 is 11.8 Å². The minimum atomic E-state index is -0.435. The van der Waals surface area contributed by atoms with E-state index < -0.39 is 5.60 Å². The quantitative estimate of drug-likeness (QED) is 0.482. The third-order valence-electron chi connectivity index (χ3n) is 3.83. The van der Waals surface area contributed by atoms with Crippen LogP contribution in [0.5, 0.6) is 0 Å². The summed E-state index contributed by atoms with van der Waals surface area (Å²) in [5.41, 5.74) is -0.435. The minimum Gasteiger partial charge on any atom is -0.466 e. The lowest BCUT2D eigenvalue weighted by Gasteiger charge is -2.33. The molecule has 0 aromatic carbocycles. The van der Waals surface area contributed by atoms with E-state index in [9.17, 15) is 9.59 Å². The van der Waals surface area contributed by atoms with Crippen molar-refractivity contribution in [2.24, 2.45) is 5.92 Å². The predicted octanol–water partition coefficient (Wildman–Crippen LogP) is 4.10. The first-order valence-electron chi connectivity index (χ1n) is 9.03. The Morgan fingerprint density at radius 3 is 2.46 bits per heavy atom. The van der Waals surface area contributed by atoms with Gasteiger partial charge in [-0.2, -0.15) is 11.8 Å². The van der Waals surface area contributed by atoms with Gasteiger partial charge in [0.2, 0.25) is 0 Å². The Bertz CT molecular complexity index is 387. The summed E-state index contributed by atoms with van der Waals surface area (Å²) in [6.45, 7) is 9.82. The van der Waals surface area contributed by atoms with E-state index in [1.165, 1.54) is 0 Å². The van der Waals surface area contributed by atoms with Gasteiger partial charge in [-0.1, -0.05) is 13.3 Å². The van der Waals surface area contributed by atoms with Crippen molar-refractivity contribution >= 4 is 23.8 Å². The molecular formula is C18H33NO4S. The lowest BCUT2D eigenvalue weighted by Crippen LogP contribution is -2.42.